The van der Waals surface area contributed by atoms with E-state index in [1.165, 1.54) is 51.6 Å². The Hall–Kier alpha value is -0.0800. The number of hydrogen-bond donors (Lipinski definition) is 1. The maximum absolute atomic E-state index is 6.30. The highest BCUT2D eigenvalue weighted by Crippen LogP contribution is 2.48. The van der Waals surface area contributed by atoms with Crippen molar-refractivity contribution in [3.63, 3.8) is 0 Å². The van der Waals surface area contributed by atoms with Gasteiger partial charge in [0.1, 0.15) is 0 Å². The van der Waals surface area contributed by atoms with E-state index in [-0.39, 0.29) is 5.54 Å². The molecule has 2 aliphatic rings. The Morgan fingerprint density at radius 2 is 1.68 bits per heavy atom. The predicted octanol–water partition coefficient (Wildman–Crippen LogP) is 3.65. The zero-order valence-corrected chi connectivity index (χ0v) is 13.5. The van der Waals surface area contributed by atoms with Crippen LogP contribution in [0.4, 0.5) is 0 Å². The standard InChI is InChI=1S/C17H34N2/c1-14(2)15-7-11-19(12-8-15)17(13-18)10-6-5-9-16(17,3)4/h14-15H,5-13,18H2,1-4H3. The van der Waals surface area contributed by atoms with Crippen LogP contribution in [0.3, 0.4) is 0 Å². The van der Waals surface area contributed by atoms with Crippen molar-refractivity contribution in [2.75, 3.05) is 19.6 Å². The van der Waals surface area contributed by atoms with Crippen molar-refractivity contribution >= 4 is 0 Å². The smallest absolute Gasteiger partial charge is 0.0382 e. The Morgan fingerprint density at radius 1 is 1.11 bits per heavy atom. The maximum Gasteiger partial charge on any atom is 0.0382 e. The zero-order valence-electron chi connectivity index (χ0n) is 13.5. The van der Waals surface area contributed by atoms with Gasteiger partial charge in [-0.15, -0.1) is 0 Å². The molecular formula is C17H34N2. The summed E-state index contributed by atoms with van der Waals surface area (Å²) in [6.45, 7) is 13.0. The largest absolute Gasteiger partial charge is 0.329 e. The Labute approximate surface area is 120 Å². The molecule has 0 aromatic rings. The lowest BCUT2D eigenvalue weighted by Crippen LogP contribution is -2.65. The van der Waals surface area contributed by atoms with Gasteiger partial charge in [-0.1, -0.05) is 40.5 Å². The molecule has 0 spiro atoms. The van der Waals surface area contributed by atoms with E-state index in [1.807, 2.05) is 0 Å². The van der Waals surface area contributed by atoms with Gasteiger partial charge in [-0.3, -0.25) is 4.90 Å². The third-order valence-electron chi connectivity index (χ3n) is 6.33. The molecule has 2 nitrogen and oxygen atoms in total. The van der Waals surface area contributed by atoms with E-state index in [1.54, 1.807) is 0 Å². The summed E-state index contributed by atoms with van der Waals surface area (Å²) in [5, 5.41) is 0. The summed E-state index contributed by atoms with van der Waals surface area (Å²) >= 11 is 0. The number of hydrogen-bond acceptors (Lipinski definition) is 2. The Morgan fingerprint density at radius 3 is 2.16 bits per heavy atom. The summed E-state index contributed by atoms with van der Waals surface area (Å²) in [4.78, 5) is 2.77. The maximum atomic E-state index is 6.30. The lowest BCUT2D eigenvalue weighted by Gasteiger charge is -2.57. The highest BCUT2D eigenvalue weighted by atomic mass is 15.2. The van der Waals surface area contributed by atoms with Crippen LogP contribution in [-0.4, -0.2) is 30.1 Å². The van der Waals surface area contributed by atoms with Crippen molar-refractivity contribution in [1.29, 1.82) is 0 Å². The molecule has 2 N–H and O–H groups in total. The first kappa shape index (κ1) is 15.3. The first-order chi connectivity index (χ1) is 8.93. The third-order valence-corrected chi connectivity index (χ3v) is 6.33. The molecule has 1 saturated carbocycles. The van der Waals surface area contributed by atoms with E-state index in [0.717, 1.165) is 18.4 Å². The monoisotopic (exact) mass is 266 g/mol. The van der Waals surface area contributed by atoms with Crippen molar-refractivity contribution in [2.24, 2.45) is 23.0 Å². The van der Waals surface area contributed by atoms with Gasteiger partial charge in [0.25, 0.3) is 0 Å². The van der Waals surface area contributed by atoms with Crippen LogP contribution in [0.15, 0.2) is 0 Å². The summed E-state index contributed by atoms with van der Waals surface area (Å²) < 4.78 is 0. The van der Waals surface area contributed by atoms with Gasteiger partial charge in [0.15, 0.2) is 0 Å². The van der Waals surface area contributed by atoms with Crippen molar-refractivity contribution in [3.05, 3.63) is 0 Å². The highest BCUT2D eigenvalue weighted by Gasteiger charge is 2.49. The summed E-state index contributed by atoms with van der Waals surface area (Å²) in [6.07, 6.45) is 8.14. The van der Waals surface area contributed by atoms with Gasteiger partial charge in [0.2, 0.25) is 0 Å². The molecule has 0 radical (unpaired) electrons. The van der Waals surface area contributed by atoms with Gasteiger partial charge in [0.05, 0.1) is 0 Å². The average molecular weight is 266 g/mol. The molecule has 2 rings (SSSR count). The van der Waals surface area contributed by atoms with Crippen LogP contribution >= 0.6 is 0 Å². The topological polar surface area (TPSA) is 29.3 Å². The second kappa shape index (κ2) is 5.73. The number of nitrogens with two attached hydrogens (primary N) is 1. The molecule has 2 fully saturated rings. The molecule has 1 heterocycles. The second-order valence-electron chi connectivity index (χ2n) is 7.90. The first-order valence-electron chi connectivity index (χ1n) is 8.38. The quantitative estimate of drug-likeness (QED) is 0.845. The van der Waals surface area contributed by atoms with Gasteiger partial charge in [-0.25, -0.2) is 0 Å². The molecule has 1 saturated heterocycles. The number of piperidine rings is 1. The Bertz CT molecular complexity index is 290. The lowest BCUT2D eigenvalue weighted by atomic mass is 9.61. The molecule has 1 atom stereocenters. The summed E-state index contributed by atoms with van der Waals surface area (Å²) in [5.41, 5.74) is 6.95. The summed E-state index contributed by atoms with van der Waals surface area (Å²) in [6, 6.07) is 0. The van der Waals surface area contributed by atoms with E-state index in [0.29, 0.717) is 5.41 Å². The molecule has 1 aliphatic carbocycles. The lowest BCUT2D eigenvalue weighted by molar-refractivity contribution is -0.0622. The van der Waals surface area contributed by atoms with Crippen LogP contribution in [0.25, 0.3) is 0 Å². The molecule has 112 valence electrons. The minimum Gasteiger partial charge on any atom is -0.329 e. The van der Waals surface area contributed by atoms with Crippen LogP contribution in [-0.2, 0) is 0 Å². The van der Waals surface area contributed by atoms with Crippen LogP contribution in [0, 0.1) is 17.3 Å². The van der Waals surface area contributed by atoms with Crippen molar-refractivity contribution < 1.29 is 0 Å². The summed E-state index contributed by atoms with van der Waals surface area (Å²) in [5.74, 6) is 1.77. The van der Waals surface area contributed by atoms with Crippen molar-refractivity contribution in [3.8, 4) is 0 Å². The van der Waals surface area contributed by atoms with E-state index < -0.39 is 0 Å². The zero-order chi connectivity index (χ0) is 14.1. The van der Waals surface area contributed by atoms with Crippen LogP contribution < -0.4 is 5.73 Å². The molecule has 0 bridgehead atoms. The second-order valence-corrected chi connectivity index (χ2v) is 7.90. The Kier molecular flexibility index (Phi) is 4.62. The number of likely N-dealkylation sites (tertiary alicyclic amines) is 1. The molecule has 1 aliphatic heterocycles. The fourth-order valence-electron chi connectivity index (χ4n) is 4.64. The van der Waals surface area contributed by atoms with Gasteiger partial charge in [-0.05, 0) is 56.0 Å². The minimum atomic E-state index is 0.271. The van der Waals surface area contributed by atoms with E-state index in [4.69, 9.17) is 5.73 Å². The summed E-state index contributed by atoms with van der Waals surface area (Å²) in [7, 11) is 0. The molecule has 1 unspecified atom stereocenters. The van der Waals surface area contributed by atoms with E-state index in [2.05, 4.69) is 32.6 Å². The SMILES string of the molecule is CC(C)C1CCN(C2(CN)CCCCC2(C)C)CC1. The van der Waals surface area contributed by atoms with Crippen LogP contribution in [0.1, 0.15) is 66.2 Å². The first-order valence-corrected chi connectivity index (χ1v) is 8.38. The normalized spacial score (nSPS) is 33.8. The third kappa shape index (κ3) is 2.71. The van der Waals surface area contributed by atoms with E-state index in [9.17, 15) is 0 Å². The minimum absolute atomic E-state index is 0.271. The van der Waals surface area contributed by atoms with Crippen LogP contribution in [0.5, 0.6) is 0 Å². The number of nitrogens with zero attached hydrogens (tertiary/aromatic N) is 1. The van der Waals surface area contributed by atoms with Gasteiger partial charge >= 0.3 is 0 Å². The average Bonchev–Trinajstić information content (AvgIpc) is 2.39. The van der Waals surface area contributed by atoms with Gasteiger partial charge in [-0.2, -0.15) is 0 Å². The molecule has 0 amide bonds. The van der Waals surface area contributed by atoms with Crippen LogP contribution in [0.2, 0.25) is 0 Å². The number of rotatable bonds is 3. The highest BCUT2D eigenvalue weighted by molar-refractivity contribution is 5.05. The van der Waals surface area contributed by atoms with E-state index >= 15 is 0 Å². The fourth-order valence-corrected chi connectivity index (χ4v) is 4.64. The van der Waals surface area contributed by atoms with Crippen molar-refractivity contribution in [2.45, 2.75) is 71.8 Å². The molecule has 0 aromatic heterocycles. The predicted molar refractivity (Wildman–Crippen MR) is 83.2 cm³/mol. The van der Waals surface area contributed by atoms with Gasteiger partial charge in [0, 0.05) is 12.1 Å². The molecule has 0 aromatic carbocycles. The molecular weight excluding hydrogens is 232 g/mol. The van der Waals surface area contributed by atoms with Crippen molar-refractivity contribution in [1.82, 2.24) is 4.90 Å². The Balaban J connectivity index is 2.10. The fraction of sp³-hybridized carbons (Fsp3) is 1.00. The molecule has 2 heteroatoms. The molecule has 19 heavy (non-hydrogen) atoms. The van der Waals surface area contributed by atoms with Gasteiger partial charge < -0.3 is 5.73 Å².